The molecule has 0 atom stereocenters. The summed E-state index contributed by atoms with van der Waals surface area (Å²) in [7, 11) is 0. The molecule has 122 valence electrons. The highest BCUT2D eigenvalue weighted by molar-refractivity contribution is 6.04. The van der Waals surface area contributed by atoms with Crippen LogP contribution in [0.1, 0.15) is 22.3 Å². The van der Waals surface area contributed by atoms with Crippen molar-refractivity contribution in [2.24, 2.45) is 0 Å². The minimum atomic E-state index is -0.0778. The summed E-state index contributed by atoms with van der Waals surface area (Å²) in [4.78, 5) is 18.1. The first-order valence-electron chi connectivity index (χ1n) is 7.98. The molecule has 4 heteroatoms. The third kappa shape index (κ3) is 4.52. The van der Waals surface area contributed by atoms with Gasteiger partial charge in [0.1, 0.15) is 0 Å². The SMILES string of the molecule is N#CC1=CN(Cc2ccccc2)C=C(/C=C/C(=O)c2ccncc2)C1. The van der Waals surface area contributed by atoms with Gasteiger partial charge < -0.3 is 4.90 Å². The van der Waals surface area contributed by atoms with Gasteiger partial charge in [-0.15, -0.1) is 0 Å². The zero-order valence-electron chi connectivity index (χ0n) is 13.7. The van der Waals surface area contributed by atoms with Crippen LogP contribution in [0.15, 0.2) is 90.6 Å². The lowest BCUT2D eigenvalue weighted by molar-refractivity contribution is 0.104. The van der Waals surface area contributed by atoms with Gasteiger partial charge in [0.15, 0.2) is 5.78 Å². The Morgan fingerprint density at radius 1 is 1.16 bits per heavy atom. The molecule has 0 radical (unpaired) electrons. The molecular formula is C21H17N3O. The molecule has 0 unspecified atom stereocenters. The summed E-state index contributed by atoms with van der Waals surface area (Å²) in [5, 5.41) is 9.28. The lowest BCUT2D eigenvalue weighted by Crippen LogP contribution is -2.14. The number of aromatic nitrogens is 1. The van der Waals surface area contributed by atoms with E-state index in [1.54, 1.807) is 36.7 Å². The first kappa shape index (κ1) is 16.4. The van der Waals surface area contributed by atoms with Gasteiger partial charge in [0, 0.05) is 43.3 Å². The molecule has 0 saturated heterocycles. The van der Waals surface area contributed by atoms with Gasteiger partial charge in [-0.25, -0.2) is 0 Å². The van der Waals surface area contributed by atoms with Crippen molar-refractivity contribution in [2.45, 2.75) is 13.0 Å². The molecule has 2 aromatic rings. The zero-order chi connectivity index (χ0) is 17.5. The molecule has 4 nitrogen and oxygen atoms in total. The predicted molar refractivity (Wildman–Crippen MR) is 96.1 cm³/mol. The maximum atomic E-state index is 12.2. The summed E-state index contributed by atoms with van der Waals surface area (Å²) in [5.41, 5.74) is 3.36. The van der Waals surface area contributed by atoms with Crippen LogP contribution in [0.3, 0.4) is 0 Å². The number of benzene rings is 1. The van der Waals surface area contributed by atoms with Crippen LogP contribution in [0, 0.1) is 11.3 Å². The van der Waals surface area contributed by atoms with Crippen molar-refractivity contribution in [1.82, 2.24) is 9.88 Å². The second-order valence-electron chi connectivity index (χ2n) is 5.74. The number of pyridine rings is 1. The zero-order valence-corrected chi connectivity index (χ0v) is 13.7. The van der Waals surface area contributed by atoms with Crippen LogP contribution >= 0.6 is 0 Å². The summed E-state index contributed by atoms with van der Waals surface area (Å²) in [5.74, 6) is -0.0778. The van der Waals surface area contributed by atoms with Gasteiger partial charge in [0.25, 0.3) is 0 Å². The topological polar surface area (TPSA) is 57.0 Å². The molecule has 25 heavy (non-hydrogen) atoms. The lowest BCUT2D eigenvalue weighted by atomic mass is 10.0. The van der Waals surface area contributed by atoms with E-state index in [1.807, 2.05) is 47.6 Å². The maximum absolute atomic E-state index is 12.2. The molecule has 1 aromatic heterocycles. The molecule has 0 amide bonds. The summed E-state index contributed by atoms with van der Waals surface area (Å²) < 4.78 is 0. The minimum absolute atomic E-state index is 0.0778. The fourth-order valence-electron chi connectivity index (χ4n) is 2.61. The molecular weight excluding hydrogens is 310 g/mol. The van der Waals surface area contributed by atoms with Gasteiger partial charge in [-0.3, -0.25) is 9.78 Å². The van der Waals surface area contributed by atoms with Crippen LogP contribution in [0.5, 0.6) is 0 Å². The Bertz CT molecular complexity index is 874. The number of carbonyl (C=O) groups excluding carboxylic acids is 1. The first-order chi connectivity index (χ1) is 12.2. The molecule has 2 heterocycles. The average Bonchev–Trinajstić information content (AvgIpc) is 2.67. The van der Waals surface area contributed by atoms with E-state index in [2.05, 4.69) is 11.1 Å². The Labute approximate surface area is 147 Å². The molecule has 0 fully saturated rings. The molecule has 3 rings (SSSR count). The summed E-state index contributed by atoms with van der Waals surface area (Å²) >= 11 is 0. The molecule has 0 N–H and O–H groups in total. The molecule has 0 saturated carbocycles. The minimum Gasteiger partial charge on any atom is -0.349 e. The van der Waals surface area contributed by atoms with Gasteiger partial charge in [-0.05, 0) is 29.3 Å². The standard InChI is InChI=1S/C21H17N3O/c22-13-19-12-18(6-7-21(25)20-8-10-23-11-9-20)15-24(16-19)14-17-4-2-1-3-5-17/h1-11,15-16H,12,14H2/b7-6+. The summed E-state index contributed by atoms with van der Waals surface area (Å²) in [6, 6.07) is 15.6. The Morgan fingerprint density at radius 3 is 2.64 bits per heavy atom. The van der Waals surface area contributed by atoms with Crippen LogP contribution < -0.4 is 0 Å². The van der Waals surface area contributed by atoms with Crippen LogP contribution in [0.4, 0.5) is 0 Å². The monoisotopic (exact) mass is 327 g/mol. The quantitative estimate of drug-likeness (QED) is 0.615. The van der Waals surface area contributed by atoms with Crippen molar-refractivity contribution >= 4 is 5.78 Å². The van der Waals surface area contributed by atoms with Crippen molar-refractivity contribution in [3.8, 4) is 6.07 Å². The molecule has 1 aliphatic heterocycles. The number of rotatable bonds is 5. The van der Waals surface area contributed by atoms with E-state index < -0.39 is 0 Å². The number of hydrogen-bond donors (Lipinski definition) is 0. The van der Waals surface area contributed by atoms with Crippen LogP contribution in [0.25, 0.3) is 0 Å². The average molecular weight is 327 g/mol. The highest BCUT2D eigenvalue weighted by Gasteiger charge is 2.11. The fraction of sp³-hybridized carbons (Fsp3) is 0.0952. The number of hydrogen-bond acceptors (Lipinski definition) is 4. The molecule has 0 spiro atoms. The van der Waals surface area contributed by atoms with Crippen molar-refractivity contribution < 1.29 is 4.79 Å². The van der Waals surface area contributed by atoms with Crippen molar-refractivity contribution in [1.29, 1.82) is 5.26 Å². The van der Waals surface area contributed by atoms with Gasteiger partial charge >= 0.3 is 0 Å². The van der Waals surface area contributed by atoms with E-state index in [9.17, 15) is 10.1 Å². The van der Waals surface area contributed by atoms with Crippen LogP contribution in [0.2, 0.25) is 0 Å². The van der Waals surface area contributed by atoms with E-state index in [4.69, 9.17) is 0 Å². The number of nitriles is 1. The van der Waals surface area contributed by atoms with Gasteiger partial charge in [0.05, 0.1) is 11.6 Å². The number of ketones is 1. The Balaban J connectivity index is 1.75. The summed E-state index contributed by atoms with van der Waals surface area (Å²) in [6.07, 6.45) is 10.9. The van der Waals surface area contributed by atoms with Gasteiger partial charge in [0.2, 0.25) is 0 Å². The fourth-order valence-corrected chi connectivity index (χ4v) is 2.61. The lowest BCUT2D eigenvalue weighted by Gasteiger charge is -2.22. The smallest absolute Gasteiger partial charge is 0.185 e. The molecule has 0 bridgehead atoms. The van der Waals surface area contributed by atoms with Crippen molar-refractivity contribution in [3.05, 3.63) is 102 Å². The largest absolute Gasteiger partial charge is 0.349 e. The van der Waals surface area contributed by atoms with Gasteiger partial charge in [-0.2, -0.15) is 5.26 Å². The number of carbonyl (C=O) groups is 1. The van der Waals surface area contributed by atoms with E-state index in [0.29, 0.717) is 24.1 Å². The van der Waals surface area contributed by atoms with Crippen molar-refractivity contribution in [2.75, 3.05) is 0 Å². The molecule has 1 aliphatic rings. The third-order valence-electron chi connectivity index (χ3n) is 3.81. The highest BCUT2D eigenvalue weighted by Crippen LogP contribution is 2.21. The van der Waals surface area contributed by atoms with E-state index >= 15 is 0 Å². The van der Waals surface area contributed by atoms with E-state index in [1.165, 1.54) is 0 Å². The summed E-state index contributed by atoms with van der Waals surface area (Å²) in [6.45, 7) is 0.682. The molecule has 1 aromatic carbocycles. The van der Waals surface area contributed by atoms with Crippen LogP contribution in [-0.2, 0) is 6.54 Å². The predicted octanol–water partition coefficient (Wildman–Crippen LogP) is 4.02. The highest BCUT2D eigenvalue weighted by atomic mass is 16.1. The Morgan fingerprint density at radius 2 is 1.92 bits per heavy atom. The second-order valence-corrected chi connectivity index (χ2v) is 5.74. The second kappa shape index (κ2) is 7.89. The number of nitrogens with zero attached hydrogens (tertiary/aromatic N) is 3. The number of allylic oxidation sites excluding steroid dienone is 4. The molecule has 0 aliphatic carbocycles. The van der Waals surface area contributed by atoms with Gasteiger partial charge in [-0.1, -0.05) is 36.4 Å². The van der Waals surface area contributed by atoms with E-state index in [-0.39, 0.29) is 5.78 Å². The van der Waals surface area contributed by atoms with Crippen LogP contribution in [-0.4, -0.2) is 15.7 Å². The Kier molecular flexibility index (Phi) is 5.18. The maximum Gasteiger partial charge on any atom is 0.185 e. The Hall–Kier alpha value is -3.45. The van der Waals surface area contributed by atoms with Crippen molar-refractivity contribution in [3.63, 3.8) is 0 Å². The first-order valence-corrected chi connectivity index (χ1v) is 7.98. The third-order valence-corrected chi connectivity index (χ3v) is 3.81. The van der Waals surface area contributed by atoms with E-state index in [0.717, 1.165) is 11.1 Å². The normalized spacial score (nSPS) is 14.0.